The summed E-state index contributed by atoms with van der Waals surface area (Å²) in [5, 5.41) is 9.35. The molecule has 0 radical (unpaired) electrons. The van der Waals surface area contributed by atoms with Crippen LogP contribution in [0.25, 0.3) is 116 Å². The summed E-state index contributed by atoms with van der Waals surface area (Å²) in [5.74, 6) is 1.84. The highest BCUT2D eigenvalue weighted by Crippen LogP contribution is 2.42. The molecule has 0 unspecified atom stereocenters. The van der Waals surface area contributed by atoms with E-state index >= 15 is 0 Å². The lowest BCUT2D eigenvalue weighted by atomic mass is 9.97. The molecule has 0 saturated carbocycles. The van der Waals surface area contributed by atoms with Crippen LogP contribution in [0.1, 0.15) is 0 Å². The first-order chi connectivity index (χ1) is 28.7. The molecule has 0 amide bonds. The van der Waals surface area contributed by atoms with E-state index in [0.29, 0.717) is 17.5 Å². The fraction of sp³-hybridized carbons (Fsp3) is 0. The van der Waals surface area contributed by atoms with Crippen LogP contribution in [0.2, 0.25) is 0 Å². The smallest absolute Gasteiger partial charge is 0.164 e. The van der Waals surface area contributed by atoms with E-state index < -0.39 is 0 Å². The van der Waals surface area contributed by atoms with Gasteiger partial charge in [-0.3, -0.25) is 0 Å². The Morgan fingerprint density at radius 1 is 0.362 bits per heavy atom. The maximum atomic E-state index is 6.82. The molecule has 0 aliphatic carbocycles. The molecule has 12 aromatic rings. The van der Waals surface area contributed by atoms with Gasteiger partial charge in [0.15, 0.2) is 17.5 Å². The molecule has 0 saturated heterocycles. The Kier molecular flexibility index (Phi) is 7.16. The van der Waals surface area contributed by atoms with E-state index in [1.54, 1.807) is 0 Å². The molecule has 9 aromatic carbocycles. The highest BCUT2D eigenvalue weighted by atomic mass is 16.3. The van der Waals surface area contributed by atoms with E-state index in [1.165, 1.54) is 32.6 Å². The van der Waals surface area contributed by atoms with Gasteiger partial charge in [0.25, 0.3) is 0 Å². The molecule has 3 heterocycles. The second kappa shape index (κ2) is 12.8. The van der Waals surface area contributed by atoms with Gasteiger partial charge in [0.05, 0.1) is 11.0 Å². The number of aromatic nitrogens is 4. The minimum Gasteiger partial charge on any atom is -0.455 e. The van der Waals surface area contributed by atoms with Crippen LogP contribution < -0.4 is 0 Å². The Morgan fingerprint density at radius 2 is 0.948 bits per heavy atom. The van der Waals surface area contributed by atoms with E-state index in [9.17, 15) is 0 Å². The number of benzene rings is 9. The van der Waals surface area contributed by atoms with Crippen LogP contribution in [0.15, 0.2) is 199 Å². The molecule has 58 heavy (non-hydrogen) atoms. The number of hydrogen-bond acceptors (Lipinski definition) is 4. The first kappa shape index (κ1) is 32.4. The highest BCUT2D eigenvalue weighted by molar-refractivity contribution is 6.21. The van der Waals surface area contributed by atoms with Crippen molar-refractivity contribution < 1.29 is 4.42 Å². The Hall–Kier alpha value is -7.89. The van der Waals surface area contributed by atoms with E-state index in [1.807, 2.05) is 60.7 Å². The quantitative estimate of drug-likeness (QED) is 0.176. The second-order valence-corrected chi connectivity index (χ2v) is 14.8. The van der Waals surface area contributed by atoms with Gasteiger partial charge in [0, 0.05) is 49.5 Å². The van der Waals surface area contributed by atoms with Crippen molar-refractivity contribution in [1.29, 1.82) is 0 Å². The molecule has 3 aromatic heterocycles. The van der Waals surface area contributed by atoms with Gasteiger partial charge in [-0.2, -0.15) is 0 Å². The van der Waals surface area contributed by atoms with Crippen molar-refractivity contribution in [2.75, 3.05) is 0 Å². The predicted molar refractivity (Wildman–Crippen MR) is 238 cm³/mol. The largest absolute Gasteiger partial charge is 0.455 e. The lowest BCUT2D eigenvalue weighted by molar-refractivity contribution is 0.670. The summed E-state index contributed by atoms with van der Waals surface area (Å²) in [6, 6.07) is 68.0. The Bertz CT molecular complexity index is 3490. The molecule has 0 bridgehead atoms. The number of rotatable bonds is 5. The first-order valence-corrected chi connectivity index (χ1v) is 19.5. The van der Waals surface area contributed by atoms with E-state index in [4.69, 9.17) is 19.4 Å². The van der Waals surface area contributed by atoms with Crippen molar-refractivity contribution in [3.05, 3.63) is 194 Å². The van der Waals surface area contributed by atoms with E-state index in [-0.39, 0.29) is 0 Å². The molecular formula is C53H32N4O. The van der Waals surface area contributed by atoms with Crippen LogP contribution >= 0.6 is 0 Å². The maximum absolute atomic E-state index is 6.82. The normalized spacial score (nSPS) is 11.8. The summed E-state index contributed by atoms with van der Waals surface area (Å²) in [7, 11) is 0. The number of nitrogens with zero attached hydrogens (tertiary/aromatic N) is 4. The number of fused-ring (bicyclic) bond motifs is 9. The zero-order valence-corrected chi connectivity index (χ0v) is 31.2. The molecule has 12 rings (SSSR count). The SMILES string of the molecule is c1ccc(-c2nc(-c3ccccc3)nc(-c3cc(-c4ccc(-n5c6ccccc6c6c7ccccc7ccc65)cc4)c4oc5cc6ccccc6cc5c4c3)n2)cc1. The fourth-order valence-electron chi connectivity index (χ4n) is 8.65. The fourth-order valence-corrected chi connectivity index (χ4v) is 8.65. The van der Waals surface area contributed by atoms with Crippen molar-refractivity contribution in [3.8, 4) is 51.0 Å². The second-order valence-electron chi connectivity index (χ2n) is 14.8. The Morgan fingerprint density at radius 3 is 1.66 bits per heavy atom. The summed E-state index contributed by atoms with van der Waals surface area (Å²) in [6.07, 6.45) is 0. The van der Waals surface area contributed by atoms with Gasteiger partial charge in [0.1, 0.15) is 11.2 Å². The topological polar surface area (TPSA) is 56.7 Å². The number of furan rings is 1. The van der Waals surface area contributed by atoms with E-state index in [2.05, 4.69) is 138 Å². The summed E-state index contributed by atoms with van der Waals surface area (Å²) < 4.78 is 9.20. The predicted octanol–water partition coefficient (Wildman–Crippen LogP) is 13.8. The van der Waals surface area contributed by atoms with Crippen molar-refractivity contribution in [2.45, 2.75) is 0 Å². The molecule has 5 heteroatoms. The highest BCUT2D eigenvalue weighted by Gasteiger charge is 2.20. The van der Waals surface area contributed by atoms with Gasteiger partial charge in [-0.25, -0.2) is 15.0 Å². The Labute approximate surface area is 333 Å². The number of para-hydroxylation sites is 1. The van der Waals surface area contributed by atoms with Crippen molar-refractivity contribution in [2.24, 2.45) is 0 Å². The third-order valence-corrected chi connectivity index (χ3v) is 11.4. The van der Waals surface area contributed by atoms with Crippen LogP contribution in [0.3, 0.4) is 0 Å². The van der Waals surface area contributed by atoms with Gasteiger partial charge in [-0.1, -0.05) is 146 Å². The third kappa shape index (κ3) is 5.14. The molecule has 0 spiro atoms. The lowest BCUT2D eigenvalue weighted by Crippen LogP contribution is -2.00. The van der Waals surface area contributed by atoms with Crippen LogP contribution in [0, 0.1) is 0 Å². The summed E-state index contributed by atoms with van der Waals surface area (Å²) in [5.41, 5.74) is 9.85. The van der Waals surface area contributed by atoms with Gasteiger partial charge in [0.2, 0.25) is 0 Å². The van der Waals surface area contributed by atoms with Crippen LogP contribution in [0.4, 0.5) is 0 Å². The monoisotopic (exact) mass is 740 g/mol. The third-order valence-electron chi connectivity index (χ3n) is 11.4. The van der Waals surface area contributed by atoms with Crippen molar-refractivity contribution in [1.82, 2.24) is 19.5 Å². The average Bonchev–Trinajstić information content (AvgIpc) is 3.84. The minimum absolute atomic E-state index is 0.597. The molecule has 0 fully saturated rings. The average molecular weight is 741 g/mol. The Balaban J connectivity index is 1.08. The summed E-state index contributed by atoms with van der Waals surface area (Å²) in [4.78, 5) is 15.2. The summed E-state index contributed by atoms with van der Waals surface area (Å²) in [6.45, 7) is 0. The standard InChI is InChI=1S/C53H32N4O/c1-3-14-35(15-4-1)51-54-52(36-16-5-2-6-17-36)56-53(55-51)39-30-43(50-45(31-39)44-29-37-18-7-8-19-38(37)32-48(44)58-50)34-23-26-40(27-24-34)57-46-22-12-11-21-42(46)49-41-20-10-9-13-33(41)25-28-47(49)57/h1-32H. The molecule has 0 aliphatic heterocycles. The number of hydrogen-bond donors (Lipinski definition) is 0. The molecule has 0 aliphatic rings. The molecular weight excluding hydrogens is 709 g/mol. The van der Waals surface area contributed by atoms with Crippen molar-refractivity contribution >= 4 is 65.3 Å². The maximum Gasteiger partial charge on any atom is 0.164 e. The molecule has 5 nitrogen and oxygen atoms in total. The van der Waals surface area contributed by atoms with Gasteiger partial charge < -0.3 is 8.98 Å². The van der Waals surface area contributed by atoms with Gasteiger partial charge in [-0.15, -0.1) is 0 Å². The first-order valence-electron chi connectivity index (χ1n) is 19.5. The molecule has 0 atom stereocenters. The van der Waals surface area contributed by atoms with Gasteiger partial charge >= 0.3 is 0 Å². The van der Waals surface area contributed by atoms with E-state index in [0.717, 1.165) is 66.2 Å². The van der Waals surface area contributed by atoms with Gasteiger partial charge in [-0.05, 0) is 75.6 Å². The lowest BCUT2D eigenvalue weighted by Gasteiger charge is -2.12. The van der Waals surface area contributed by atoms with Crippen LogP contribution in [-0.4, -0.2) is 19.5 Å². The molecule has 0 N–H and O–H groups in total. The van der Waals surface area contributed by atoms with Crippen LogP contribution in [0.5, 0.6) is 0 Å². The zero-order chi connectivity index (χ0) is 38.2. The minimum atomic E-state index is 0.597. The molecule has 270 valence electrons. The van der Waals surface area contributed by atoms with Crippen molar-refractivity contribution in [3.63, 3.8) is 0 Å². The zero-order valence-electron chi connectivity index (χ0n) is 31.2. The van der Waals surface area contributed by atoms with Crippen LogP contribution in [-0.2, 0) is 0 Å². The summed E-state index contributed by atoms with van der Waals surface area (Å²) >= 11 is 0.